The first kappa shape index (κ1) is 10.4. The molecule has 0 saturated carbocycles. The van der Waals surface area contributed by atoms with Gasteiger partial charge in [-0.2, -0.15) is 5.26 Å². The molecule has 0 amide bonds. The van der Waals surface area contributed by atoms with Gasteiger partial charge in [0.15, 0.2) is 5.78 Å². The van der Waals surface area contributed by atoms with Crippen LogP contribution in [0.3, 0.4) is 0 Å². The number of ether oxygens (including phenoxy) is 1. The van der Waals surface area contributed by atoms with Crippen LogP contribution in [-0.2, 0) is 9.53 Å². The van der Waals surface area contributed by atoms with Gasteiger partial charge in [0.25, 0.3) is 0 Å². The van der Waals surface area contributed by atoms with Crippen molar-refractivity contribution in [2.45, 2.75) is 19.4 Å². The van der Waals surface area contributed by atoms with Crippen molar-refractivity contribution in [1.29, 1.82) is 5.26 Å². The molecule has 0 aromatic heterocycles. The molecular formula is C13H11NO2. The van der Waals surface area contributed by atoms with Crippen molar-refractivity contribution in [2.75, 3.05) is 0 Å². The van der Waals surface area contributed by atoms with Crippen LogP contribution in [0.15, 0.2) is 36.1 Å². The molecule has 2 rings (SSSR count). The first-order chi connectivity index (χ1) is 7.70. The number of ketones is 1. The number of nitriles is 1. The maximum absolute atomic E-state index is 11.5. The second-order valence-electron chi connectivity index (χ2n) is 3.79. The van der Waals surface area contributed by atoms with Crippen molar-refractivity contribution < 1.29 is 9.53 Å². The normalized spacial score (nSPS) is 19.6. The Balaban J connectivity index is 2.20. The molecule has 1 aliphatic heterocycles. The standard InChI is InChI=1S/C13H11NO2/c1-9-8-16-13(6-12(9)15)11-4-2-10(7-14)3-5-11/h2-5,8,13H,6H2,1H3. The van der Waals surface area contributed by atoms with Gasteiger partial charge in [0.2, 0.25) is 0 Å². The Morgan fingerprint density at radius 1 is 1.38 bits per heavy atom. The van der Waals surface area contributed by atoms with Crippen molar-refractivity contribution in [1.82, 2.24) is 0 Å². The molecule has 16 heavy (non-hydrogen) atoms. The summed E-state index contributed by atoms with van der Waals surface area (Å²) >= 11 is 0. The number of allylic oxidation sites excluding steroid dienone is 1. The van der Waals surface area contributed by atoms with E-state index in [2.05, 4.69) is 6.07 Å². The van der Waals surface area contributed by atoms with E-state index in [1.54, 1.807) is 19.1 Å². The molecule has 0 radical (unpaired) electrons. The van der Waals surface area contributed by atoms with Crippen molar-refractivity contribution in [2.24, 2.45) is 0 Å². The summed E-state index contributed by atoms with van der Waals surface area (Å²) in [6.07, 6.45) is 1.66. The SMILES string of the molecule is CC1=COC(c2ccc(C#N)cc2)CC1=O. The molecule has 0 spiro atoms. The minimum Gasteiger partial charge on any atom is -0.492 e. The fourth-order valence-electron chi connectivity index (χ4n) is 1.60. The van der Waals surface area contributed by atoms with Gasteiger partial charge in [-0.15, -0.1) is 0 Å². The fraction of sp³-hybridized carbons (Fsp3) is 0.231. The lowest BCUT2D eigenvalue weighted by Crippen LogP contribution is -2.14. The highest BCUT2D eigenvalue weighted by molar-refractivity contribution is 5.95. The zero-order valence-electron chi connectivity index (χ0n) is 8.93. The summed E-state index contributed by atoms with van der Waals surface area (Å²) < 4.78 is 5.45. The molecule has 0 fully saturated rings. The highest BCUT2D eigenvalue weighted by Crippen LogP contribution is 2.27. The molecule has 1 unspecified atom stereocenters. The predicted octanol–water partition coefficient (Wildman–Crippen LogP) is 2.49. The number of hydrogen-bond donors (Lipinski definition) is 0. The third-order valence-electron chi connectivity index (χ3n) is 2.63. The molecule has 3 nitrogen and oxygen atoms in total. The lowest BCUT2D eigenvalue weighted by atomic mass is 9.98. The topological polar surface area (TPSA) is 50.1 Å². The van der Waals surface area contributed by atoms with Gasteiger partial charge in [-0.25, -0.2) is 0 Å². The lowest BCUT2D eigenvalue weighted by Gasteiger charge is -2.21. The van der Waals surface area contributed by atoms with Crippen LogP contribution in [0.4, 0.5) is 0 Å². The predicted molar refractivity (Wildman–Crippen MR) is 58.4 cm³/mol. The van der Waals surface area contributed by atoms with E-state index in [4.69, 9.17) is 10.00 Å². The van der Waals surface area contributed by atoms with Crippen LogP contribution in [0.2, 0.25) is 0 Å². The van der Waals surface area contributed by atoms with Crippen LogP contribution in [-0.4, -0.2) is 5.78 Å². The van der Waals surface area contributed by atoms with Gasteiger partial charge in [-0.05, 0) is 24.6 Å². The van der Waals surface area contributed by atoms with Gasteiger partial charge in [-0.3, -0.25) is 4.79 Å². The van der Waals surface area contributed by atoms with Crippen LogP contribution in [0.1, 0.15) is 30.6 Å². The smallest absolute Gasteiger partial charge is 0.165 e. The zero-order valence-corrected chi connectivity index (χ0v) is 8.93. The van der Waals surface area contributed by atoms with Crippen molar-refractivity contribution in [3.8, 4) is 6.07 Å². The summed E-state index contributed by atoms with van der Waals surface area (Å²) in [5.41, 5.74) is 2.19. The maximum atomic E-state index is 11.5. The van der Waals surface area contributed by atoms with Crippen LogP contribution < -0.4 is 0 Å². The summed E-state index contributed by atoms with van der Waals surface area (Å²) in [4.78, 5) is 11.5. The molecule has 0 aliphatic carbocycles. The number of carbonyl (C=O) groups is 1. The Kier molecular flexibility index (Phi) is 2.74. The Bertz CT molecular complexity index is 480. The third kappa shape index (κ3) is 1.96. The van der Waals surface area contributed by atoms with Gasteiger partial charge in [0.05, 0.1) is 24.3 Å². The monoisotopic (exact) mass is 213 g/mol. The highest BCUT2D eigenvalue weighted by atomic mass is 16.5. The average Bonchev–Trinajstić information content (AvgIpc) is 2.33. The first-order valence-electron chi connectivity index (χ1n) is 5.06. The molecule has 0 saturated heterocycles. The molecule has 0 bridgehead atoms. The fourth-order valence-corrected chi connectivity index (χ4v) is 1.60. The number of carbonyl (C=O) groups excluding carboxylic acids is 1. The Morgan fingerprint density at radius 3 is 2.62 bits per heavy atom. The van der Waals surface area contributed by atoms with Gasteiger partial charge < -0.3 is 4.74 Å². The number of Topliss-reactive ketones (excluding diaryl/α,β-unsaturated/α-hetero) is 1. The van der Waals surface area contributed by atoms with Crippen LogP contribution >= 0.6 is 0 Å². The van der Waals surface area contributed by atoms with Gasteiger partial charge >= 0.3 is 0 Å². The van der Waals surface area contributed by atoms with E-state index in [0.717, 1.165) is 5.56 Å². The Labute approximate surface area is 94.0 Å². The lowest BCUT2D eigenvalue weighted by molar-refractivity contribution is -0.119. The number of hydrogen-bond acceptors (Lipinski definition) is 3. The molecule has 1 aliphatic rings. The summed E-state index contributed by atoms with van der Waals surface area (Å²) in [6, 6.07) is 9.16. The minimum atomic E-state index is -0.219. The van der Waals surface area contributed by atoms with Gasteiger partial charge in [0, 0.05) is 5.57 Å². The number of nitrogens with zero attached hydrogens (tertiary/aromatic N) is 1. The van der Waals surface area contributed by atoms with Crippen LogP contribution in [0, 0.1) is 11.3 Å². The van der Waals surface area contributed by atoms with Gasteiger partial charge in [-0.1, -0.05) is 12.1 Å². The molecule has 3 heteroatoms. The molecule has 80 valence electrons. The first-order valence-corrected chi connectivity index (χ1v) is 5.06. The van der Waals surface area contributed by atoms with E-state index in [9.17, 15) is 4.79 Å². The van der Waals surface area contributed by atoms with Crippen molar-refractivity contribution >= 4 is 5.78 Å². The summed E-state index contributed by atoms with van der Waals surface area (Å²) in [5.74, 6) is 0.112. The maximum Gasteiger partial charge on any atom is 0.165 e. The molecule has 1 heterocycles. The third-order valence-corrected chi connectivity index (χ3v) is 2.63. The average molecular weight is 213 g/mol. The highest BCUT2D eigenvalue weighted by Gasteiger charge is 2.21. The van der Waals surface area contributed by atoms with Crippen molar-refractivity contribution in [3.05, 3.63) is 47.2 Å². The van der Waals surface area contributed by atoms with E-state index >= 15 is 0 Å². The second kappa shape index (κ2) is 4.19. The molecule has 1 aromatic carbocycles. The van der Waals surface area contributed by atoms with E-state index in [1.807, 2.05) is 12.1 Å². The Hall–Kier alpha value is -2.08. The molecular weight excluding hydrogens is 202 g/mol. The zero-order chi connectivity index (χ0) is 11.5. The van der Waals surface area contributed by atoms with E-state index < -0.39 is 0 Å². The molecule has 1 atom stereocenters. The molecule has 0 N–H and O–H groups in total. The largest absolute Gasteiger partial charge is 0.492 e. The van der Waals surface area contributed by atoms with Crippen molar-refractivity contribution in [3.63, 3.8) is 0 Å². The summed E-state index contributed by atoms with van der Waals surface area (Å²) in [5, 5.41) is 8.67. The summed E-state index contributed by atoms with van der Waals surface area (Å²) in [6.45, 7) is 1.75. The van der Waals surface area contributed by atoms with Gasteiger partial charge in [0.1, 0.15) is 6.10 Å². The number of benzene rings is 1. The van der Waals surface area contributed by atoms with E-state index in [0.29, 0.717) is 17.6 Å². The number of rotatable bonds is 1. The van der Waals surface area contributed by atoms with Crippen LogP contribution in [0.25, 0.3) is 0 Å². The van der Waals surface area contributed by atoms with E-state index in [-0.39, 0.29) is 11.9 Å². The molecule has 1 aromatic rings. The van der Waals surface area contributed by atoms with Crippen LogP contribution in [0.5, 0.6) is 0 Å². The summed E-state index contributed by atoms with van der Waals surface area (Å²) in [7, 11) is 0. The van der Waals surface area contributed by atoms with E-state index in [1.165, 1.54) is 6.26 Å². The Morgan fingerprint density at radius 2 is 2.06 bits per heavy atom. The minimum absolute atomic E-state index is 0.112. The quantitative estimate of drug-likeness (QED) is 0.720. The second-order valence-corrected chi connectivity index (χ2v) is 3.79.